The van der Waals surface area contributed by atoms with E-state index >= 15 is 0 Å². The average molecular weight is 341 g/mol. The van der Waals surface area contributed by atoms with Crippen LogP contribution in [0.1, 0.15) is 18.2 Å². The van der Waals surface area contributed by atoms with Crippen LogP contribution in [0.15, 0.2) is 69.7 Å². The molecule has 5 heteroatoms. The van der Waals surface area contributed by atoms with E-state index in [4.69, 9.17) is 16.6 Å². The standard InChI is InChI=1S/C18H15NO2S2/c1-13(10-15-8-5-9-21-15)11-16-17(20)19(18(22)23-16)12-14-6-3-2-4-7-14/h2-11H,12H2,1H3/b13-10+,16-11+. The van der Waals surface area contributed by atoms with Gasteiger partial charge in [0.05, 0.1) is 17.7 Å². The fourth-order valence-electron chi connectivity index (χ4n) is 2.25. The summed E-state index contributed by atoms with van der Waals surface area (Å²) in [5.74, 6) is 0.717. The van der Waals surface area contributed by atoms with E-state index in [1.54, 1.807) is 11.2 Å². The molecule has 23 heavy (non-hydrogen) atoms. The smallest absolute Gasteiger partial charge is 0.266 e. The number of furan rings is 1. The Kier molecular flexibility index (Phi) is 4.79. The van der Waals surface area contributed by atoms with Crippen molar-refractivity contribution in [1.29, 1.82) is 0 Å². The van der Waals surface area contributed by atoms with E-state index in [9.17, 15) is 4.79 Å². The van der Waals surface area contributed by atoms with Gasteiger partial charge < -0.3 is 4.42 Å². The molecule has 0 spiro atoms. The molecule has 1 aromatic heterocycles. The quantitative estimate of drug-likeness (QED) is 0.600. The third-order valence-corrected chi connectivity index (χ3v) is 4.71. The molecule has 0 bridgehead atoms. The van der Waals surface area contributed by atoms with Gasteiger partial charge in [-0.3, -0.25) is 9.69 Å². The Morgan fingerprint density at radius 1 is 1.26 bits per heavy atom. The predicted octanol–water partition coefficient (Wildman–Crippen LogP) is 4.63. The first-order chi connectivity index (χ1) is 11.1. The molecule has 1 aromatic carbocycles. The van der Waals surface area contributed by atoms with Crippen LogP contribution in [0.4, 0.5) is 0 Å². The van der Waals surface area contributed by atoms with Crippen LogP contribution in [0.25, 0.3) is 6.08 Å². The maximum Gasteiger partial charge on any atom is 0.266 e. The third-order valence-electron chi connectivity index (χ3n) is 3.33. The third kappa shape index (κ3) is 3.81. The summed E-state index contributed by atoms with van der Waals surface area (Å²) < 4.78 is 5.88. The van der Waals surface area contributed by atoms with Gasteiger partial charge in [0.1, 0.15) is 10.1 Å². The molecular weight excluding hydrogens is 326 g/mol. The van der Waals surface area contributed by atoms with Crippen molar-refractivity contribution in [2.45, 2.75) is 13.5 Å². The van der Waals surface area contributed by atoms with Crippen LogP contribution in [-0.4, -0.2) is 15.1 Å². The summed E-state index contributed by atoms with van der Waals surface area (Å²) >= 11 is 6.69. The first-order valence-electron chi connectivity index (χ1n) is 7.14. The lowest BCUT2D eigenvalue weighted by atomic mass is 10.2. The van der Waals surface area contributed by atoms with Gasteiger partial charge in [-0.25, -0.2) is 0 Å². The summed E-state index contributed by atoms with van der Waals surface area (Å²) in [7, 11) is 0. The number of hydrogen-bond donors (Lipinski definition) is 0. The van der Waals surface area contributed by atoms with Crippen molar-refractivity contribution in [2.24, 2.45) is 0 Å². The molecule has 0 atom stereocenters. The van der Waals surface area contributed by atoms with E-state index in [0.29, 0.717) is 15.8 Å². The highest BCUT2D eigenvalue weighted by Crippen LogP contribution is 2.33. The van der Waals surface area contributed by atoms with E-state index in [1.165, 1.54) is 11.8 Å². The van der Waals surface area contributed by atoms with Gasteiger partial charge >= 0.3 is 0 Å². The van der Waals surface area contributed by atoms with E-state index < -0.39 is 0 Å². The number of nitrogens with zero attached hydrogens (tertiary/aromatic N) is 1. The molecule has 0 aliphatic carbocycles. The van der Waals surface area contributed by atoms with Crippen molar-refractivity contribution in [3.63, 3.8) is 0 Å². The highest BCUT2D eigenvalue weighted by Gasteiger charge is 2.31. The molecule has 1 saturated heterocycles. The number of amides is 1. The number of thiocarbonyl (C=S) groups is 1. The molecule has 3 nitrogen and oxygen atoms in total. The molecule has 1 aliphatic heterocycles. The zero-order valence-electron chi connectivity index (χ0n) is 12.6. The van der Waals surface area contributed by atoms with E-state index in [1.807, 2.05) is 61.5 Å². The highest BCUT2D eigenvalue weighted by molar-refractivity contribution is 8.26. The van der Waals surface area contributed by atoms with Gasteiger partial charge in [-0.05, 0) is 42.3 Å². The number of carbonyl (C=O) groups is 1. The Balaban J connectivity index is 1.77. The molecule has 2 heterocycles. The number of allylic oxidation sites excluding steroid dienone is 2. The van der Waals surface area contributed by atoms with Crippen LogP contribution >= 0.6 is 24.0 Å². The lowest BCUT2D eigenvalue weighted by molar-refractivity contribution is -0.122. The Hall–Kier alpha value is -2.11. The van der Waals surface area contributed by atoms with Crippen molar-refractivity contribution in [3.05, 3.63) is 76.6 Å². The molecule has 0 N–H and O–H groups in total. The molecule has 1 aliphatic rings. The summed E-state index contributed by atoms with van der Waals surface area (Å²) in [6, 6.07) is 13.6. The zero-order valence-corrected chi connectivity index (χ0v) is 14.2. The number of carbonyl (C=O) groups excluding carboxylic acids is 1. The monoisotopic (exact) mass is 341 g/mol. The minimum absolute atomic E-state index is 0.0453. The van der Waals surface area contributed by atoms with Crippen molar-refractivity contribution in [1.82, 2.24) is 4.90 Å². The summed E-state index contributed by atoms with van der Waals surface area (Å²) in [6.07, 6.45) is 5.37. The Morgan fingerprint density at radius 2 is 2.04 bits per heavy atom. The van der Waals surface area contributed by atoms with Gasteiger partial charge in [0.25, 0.3) is 5.91 Å². The molecule has 2 aromatic rings. The lowest BCUT2D eigenvalue weighted by Gasteiger charge is -2.14. The SMILES string of the molecule is CC(=C\c1ccco1)/C=C1/SC(=S)N(Cc2ccccc2)C1=O. The number of hydrogen-bond acceptors (Lipinski definition) is 4. The molecular formula is C18H15NO2S2. The summed E-state index contributed by atoms with van der Waals surface area (Å²) in [4.78, 5) is 14.8. The number of thioether (sulfide) groups is 1. The summed E-state index contributed by atoms with van der Waals surface area (Å²) in [6.45, 7) is 2.44. The fraction of sp³-hybridized carbons (Fsp3) is 0.111. The molecule has 1 fully saturated rings. The molecule has 3 rings (SSSR count). The number of rotatable bonds is 4. The second-order valence-electron chi connectivity index (χ2n) is 5.16. The summed E-state index contributed by atoms with van der Waals surface area (Å²) in [5.41, 5.74) is 2.01. The normalized spacial score (nSPS) is 17.3. The first kappa shape index (κ1) is 15.8. The second kappa shape index (κ2) is 6.98. The van der Waals surface area contributed by atoms with Gasteiger partial charge in [-0.2, -0.15) is 0 Å². The fourth-order valence-corrected chi connectivity index (χ4v) is 3.55. The highest BCUT2D eigenvalue weighted by atomic mass is 32.2. The van der Waals surface area contributed by atoms with Gasteiger partial charge in [-0.15, -0.1) is 0 Å². The van der Waals surface area contributed by atoms with E-state index in [2.05, 4.69) is 0 Å². The van der Waals surface area contributed by atoms with E-state index in [-0.39, 0.29) is 5.91 Å². The minimum atomic E-state index is -0.0453. The first-order valence-corrected chi connectivity index (χ1v) is 8.37. The topological polar surface area (TPSA) is 33.5 Å². The van der Waals surface area contributed by atoms with Gasteiger partial charge in [-0.1, -0.05) is 54.3 Å². The van der Waals surface area contributed by atoms with Crippen molar-refractivity contribution in [3.8, 4) is 0 Å². The maximum absolute atomic E-state index is 12.6. The second-order valence-corrected chi connectivity index (χ2v) is 6.83. The molecule has 0 unspecified atom stereocenters. The van der Waals surface area contributed by atoms with Crippen LogP contribution in [0.3, 0.4) is 0 Å². The van der Waals surface area contributed by atoms with E-state index in [0.717, 1.165) is 16.9 Å². The van der Waals surface area contributed by atoms with Crippen molar-refractivity contribution < 1.29 is 9.21 Å². The van der Waals surface area contributed by atoms with Crippen LogP contribution in [0, 0.1) is 0 Å². The Bertz CT molecular complexity index is 777. The largest absolute Gasteiger partial charge is 0.465 e. The Labute approximate surface area is 144 Å². The summed E-state index contributed by atoms with van der Waals surface area (Å²) in [5, 5.41) is 0. The predicted molar refractivity (Wildman–Crippen MR) is 97.6 cm³/mol. The van der Waals surface area contributed by atoms with Crippen LogP contribution < -0.4 is 0 Å². The maximum atomic E-state index is 12.6. The lowest BCUT2D eigenvalue weighted by Crippen LogP contribution is -2.27. The van der Waals surface area contributed by atoms with Crippen molar-refractivity contribution >= 4 is 40.3 Å². The molecule has 0 saturated carbocycles. The zero-order chi connectivity index (χ0) is 16.2. The minimum Gasteiger partial charge on any atom is -0.465 e. The van der Waals surface area contributed by atoms with Crippen LogP contribution in [0.5, 0.6) is 0 Å². The molecule has 116 valence electrons. The Morgan fingerprint density at radius 3 is 2.74 bits per heavy atom. The average Bonchev–Trinajstić information content (AvgIpc) is 3.12. The van der Waals surface area contributed by atoms with Crippen LogP contribution in [0.2, 0.25) is 0 Å². The van der Waals surface area contributed by atoms with Gasteiger partial charge in [0.2, 0.25) is 0 Å². The molecule has 1 amide bonds. The van der Waals surface area contributed by atoms with Crippen molar-refractivity contribution in [2.75, 3.05) is 0 Å². The molecule has 0 radical (unpaired) electrons. The number of benzene rings is 1. The van der Waals surface area contributed by atoms with Gasteiger partial charge in [0, 0.05) is 0 Å². The van der Waals surface area contributed by atoms with Gasteiger partial charge in [0.15, 0.2) is 0 Å². The van der Waals surface area contributed by atoms with Crippen LogP contribution in [-0.2, 0) is 11.3 Å².